The molecule has 138 valence electrons. The fourth-order valence-corrected chi connectivity index (χ4v) is 2.84. The Morgan fingerprint density at radius 1 is 1.04 bits per heavy atom. The molecule has 26 heavy (non-hydrogen) atoms. The van der Waals surface area contributed by atoms with Crippen molar-refractivity contribution in [2.24, 2.45) is 0 Å². The van der Waals surface area contributed by atoms with Crippen molar-refractivity contribution in [1.82, 2.24) is 4.90 Å². The first-order valence-corrected chi connectivity index (χ1v) is 8.60. The molecule has 6 heteroatoms. The molecule has 0 bridgehead atoms. The average molecular weight is 359 g/mol. The summed E-state index contributed by atoms with van der Waals surface area (Å²) in [6, 6.07) is 15.0. The third-order valence-corrected chi connectivity index (χ3v) is 4.46. The van der Waals surface area contributed by atoms with Gasteiger partial charge in [-0.2, -0.15) is 0 Å². The number of ether oxygens (including phenoxy) is 2. The van der Waals surface area contributed by atoms with E-state index in [9.17, 15) is 14.3 Å². The lowest BCUT2D eigenvalue weighted by Crippen LogP contribution is -2.50. The average Bonchev–Trinajstić information content (AvgIpc) is 2.66. The third-order valence-electron chi connectivity index (χ3n) is 4.46. The molecule has 0 aliphatic carbocycles. The van der Waals surface area contributed by atoms with Gasteiger partial charge in [-0.05, 0) is 37.1 Å². The number of rotatable bonds is 6. The van der Waals surface area contributed by atoms with Gasteiger partial charge in [0.05, 0.1) is 0 Å². The minimum absolute atomic E-state index is 0.150. The van der Waals surface area contributed by atoms with Gasteiger partial charge in [-0.25, -0.2) is 4.39 Å². The van der Waals surface area contributed by atoms with E-state index in [1.807, 2.05) is 30.3 Å². The topological polar surface area (TPSA) is 59.0 Å². The molecule has 2 aromatic carbocycles. The summed E-state index contributed by atoms with van der Waals surface area (Å²) in [6.07, 6.45) is 0.872. The van der Waals surface area contributed by atoms with Gasteiger partial charge in [-0.15, -0.1) is 0 Å². The normalized spacial score (nSPS) is 16.2. The second kappa shape index (κ2) is 8.19. The van der Waals surface area contributed by atoms with E-state index in [0.29, 0.717) is 37.4 Å². The van der Waals surface area contributed by atoms with Crippen LogP contribution in [0.25, 0.3) is 0 Å². The highest BCUT2D eigenvalue weighted by atomic mass is 19.1. The number of para-hydroxylation sites is 1. The van der Waals surface area contributed by atoms with Crippen molar-refractivity contribution >= 4 is 5.91 Å². The Bertz CT molecular complexity index is 730. The van der Waals surface area contributed by atoms with E-state index in [0.717, 1.165) is 0 Å². The molecule has 0 aromatic heterocycles. The zero-order valence-electron chi connectivity index (χ0n) is 14.4. The smallest absolute Gasteiger partial charge is 0.260 e. The molecular weight excluding hydrogens is 337 g/mol. The minimum Gasteiger partial charge on any atom is -0.491 e. The van der Waals surface area contributed by atoms with Crippen molar-refractivity contribution in [3.8, 4) is 11.5 Å². The molecule has 2 aromatic rings. The molecule has 1 amide bonds. The maximum absolute atomic E-state index is 13.1. The van der Waals surface area contributed by atoms with Gasteiger partial charge < -0.3 is 19.5 Å². The summed E-state index contributed by atoms with van der Waals surface area (Å²) in [5.41, 5.74) is -0.948. The SMILES string of the molecule is O=C(COc1cccc(F)c1)N1CCC(O)(COc2ccccc2)CC1. The Hall–Kier alpha value is -2.60. The lowest BCUT2D eigenvalue weighted by molar-refractivity contribution is -0.138. The Morgan fingerprint density at radius 2 is 1.73 bits per heavy atom. The first kappa shape index (κ1) is 18.2. The van der Waals surface area contributed by atoms with Crippen LogP contribution in [0.15, 0.2) is 54.6 Å². The van der Waals surface area contributed by atoms with E-state index < -0.39 is 11.4 Å². The maximum atomic E-state index is 13.1. The number of benzene rings is 2. The van der Waals surface area contributed by atoms with E-state index in [2.05, 4.69) is 0 Å². The van der Waals surface area contributed by atoms with Crippen molar-refractivity contribution in [1.29, 1.82) is 0 Å². The van der Waals surface area contributed by atoms with Crippen LogP contribution in [-0.4, -0.2) is 47.8 Å². The van der Waals surface area contributed by atoms with E-state index in [1.165, 1.54) is 18.2 Å². The zero-order chi connectivity index (χ0) is 18.4. The Morgan fingerprint density at radius 3 is 2.42 bits per heavy atom. The van der Waals surface area contributed by atoms with E-state index in [1.54, 1.807) is 11.0 Å². The van der Waals surface area contributed by atoms with Gasteiger partial charge in [0.25, 0.3) is 5.91 Å². The Labute approximate surface area is 152 Å². The van der Waals surface area contributed by atoms with Crippen molar-refractivity contribution < 1.29 is 23.8 Å². The molecule has 1 aliphatic rings. The van der Waals surface area contributed by atoms with Crippen LogP contribution in [0.1, 0.15) is 12.8 Å². The highest BCUT2D eigenvalue weighted by Crippen LogP contribution is 2.24. The minimum atomic E-state index is -0.948. The number of aliphatic hydroxyl groups is 1. The number of carbonyl (C=O) groups excluding carboxylic acids is 1. The van der Waals surface area contributed by atoms with Crippen molar-refractivity contribution in [2.45, 2.75) is 18.4 Å². The molecule has 1 aliphatic heterocycles. The molecule has 1 N–H and O–H groups in total. The van der Waals surface area contributed by atoms with Gasteiger partial charge >= 0.3 is 0 Å². The molecule has 0 spiro atoms. The first-order chi connectivity index (χ1) is 12.5. The lowest BCUT2D eigenvalue weighted by Gasteiger charge is -2.37. The zero-order valence-corrected chi connectivity index (χ0v) is 14.4. The van der Waals surface area contributed by atoms with Gasteiger partial charge in [0.2, 0.25) is 0 Å². The molecular formula is C20H22FNO4. The van der Waals surface area contributed by atoms with Gasteiger partial charge in [0.1, 0.15) is 29.5 Å². The van der Waals surface area contributed by atoms with Crippen LogP contribution in [0.3, 0.4) is 0 Å². The molecule has 1 heterocycles. The predicted octanol–water partition coefficient (Wildman–Crippen LogP) is 2.64. The summed E-state index contributed by atoms with van der Waals surface area (Å²) in [4.78, 5) is 13.9. The fraction of sp³-hybridized carbons (Fsp3) is 0.350. The molecule has 5 nitrogen and oxygen atoms in total. The van der Waals surface area contributed by atoms with Crippen LogP contribution in [0.4, 0.5) is 4.39 Å². The second-order valence-corrected chi connectivity index (χ2v) is 6.45. The van der Waals surface area contributed by atoms with Crippen LogP contribution in [0.2, 0.25) is 0 Å². The van der Waals surface area contributed by atoms with E-state index in [-0.39, 0.29) is 19.1 Å². The standard InChI is InChI=1S/C20H22FNO4/c21-16-5-4-8-18(13-16)25-14-19(23)22-11-9-20(24,10-12-22)15-26-17-6-2-1-3-7-17/h1-8,13,24H,9-12,14-15H2. The largest absolute Gasteiger partial charge is 0.491 e. The van der Waals surface area contributed by atoms with E-state index in [4.69, 9.17) is 9.47 Å². The maximum Gasteiger partial charge on any atom is 0.260 e. The summed E-state index contributed by atoms with van der Waals surface area (Å²) in [5.74, 6) is 0.447. The Kier molecular flexibility index (Phi) is 5.73. The van der Waals surface area contributed by atoms with Crippen LogP contribution in [-0.2, 0) is 4.79 Å². The number of hydrogen-bond acceptors (Lipinski definition) is 4. The molecule has 0 radical (unpaired) electrons. The predicted molar refractivity (Wildman–Crippen MR) is 94.6 cm³/mol. The molecule has 3 rings (SSSR count). The number of likely N-dealkylation sites (tertiary alicyclic amines) is 1. The lowest BCUT2D eigenvalue weighted by atomic mass is 9.92. The summed E-state index contributed by atoms with van der Waals surface area (Å²) < 4.78 is 24.1. The van der Waals surface area contributed by atoms with Crippen molar-refractivity contribution in [3.63, 3.8) is 0 Å². The third kappa shape index (κ3) is 4.95. The molecule has 0 atom stereocenters. The van der Waals surface area contributed by atoms with Gasteiger partial charge in [-0.1, -0.05) is 24.3 Å². The number of nitrogens with zero attached hydrogens (tertiary/aromatic N) is 1. The van der Waals surface area contributed by atoms with Crippen LogP contribution in [0, 0.1) is 5.82 Å². The first-order valence-electron chi connectivity index (χ1n) is 8.60. The summed E-state index contributed by atoms with van der Waals surface area (Å²) in [7, 11) is 0. The molecule has 0 unspecified atom stereocenters. The number of carbonyl (C=O) groups is 1. The Balaban J connectivity index is 1.44. The summed E-state index contributed by atoms with van der Waals surface area (Å²) in [5, 5.41) is 10.6. The fourth-order valence-electron chi connectivity index (χ4n) is 2.84. The van der Waals surface area contributed by atoms with Crippen LogP contribution in [0.5, 0.6) is 11.5 Å². The summed E-state index contributed by atoms with van der Waals surface area (Å²) in [6.45, 7) is 0.904. The van der Waals surface area contributed by atoms with Gasteiger partial charge in [0.15, 0.2) is 6.61 Å². The van der Waals surface area contributed by atoms with E-state index >= 15 is 0 Å². The monoisotopic (exact) mass is 359 g/mol. The molecule has 0 saturated carbocycles. The molecule has 1 fully saturated rings. The van der Waals surface area contributed by atoms with Crippen molar-refractivity contribution in [3.05, 3.63) is 60.4 Å². The number of hydrogen-bond donors (Lipinski definition) is 1. The van der Waals surface area contributed by atoms with Gasteiger partial charge in [-0.3, -0.25) is 4.79 Å². The number of halogens is 1. The van der Waals surface area contributed by atoms with Crippen molar-refractivity contribution in [2.75, 3.05) is 26.3 Å². The molecule has 1 saturated heterocycles. The van der Waals surface area contributed by atoms with Gasteiger partial charge in [0, 0.05) is 19.2 Å². The summed E-state index contributed by atoms with van der Waals surface area (Å²) >= 11 is 0. The quantitative estimate of drug-likeness (QED) is 0.861. The number of piperidine rings is 1. The van der Waals surface area contributed by atoms with Crippen LogP contribution >= 0.6 is 0 Å². The second-order valence-electron chi connectivity index (χ2n) is 6.45. The highest BCUT2D eigenvalue weighted by Gasteiger charge is 2.34. The highest BCUT2D eigenvalue weighted by molar-refractivity contribution is 5.77. The van der Waals surface area contributed by atoms with Crippen LogP contribution < -0.4 is 9.47 Å². The number of amides is 1.